The molecule has 7 heteroatoms. The number of hydrogen-bond donors (Lipinski definition) is 1. The second kappa shape index (κ2) is 6.31. The fraction of sp³-hybridized carbons (Fsp3) is 0.300. The Morgan fingerprint density at radius 1 is 1.41 bits per heavy atom. The third-order valence-electron chi connectivity index (χ3n) is 1.86. The maximum absolute atomic E-state index is 11.1. The van der Waals surface area contributed by atoms with E-state index in [1.54, 1.807) is 6.20 Å². The lowest BCUT2D eigenvalue weighted by molar-refractivity contribution is -0.139. The predicted octanol–water partition coefficient (Wildman–Crippen LogP) is -0.551. The molecular weight excluding hydrogens is 228 g/mol. The van der Waals surface area contributed by atoms with Crippen LogP contribution in [0, 0.1) is 0 Å². The molecule has 0 aliphatic carbocycles. The topological polar surface area (TPSA) is 90.4 Å². The highest BCUT2D eigenvalue weighted by Gasteiger charge is 2.00. The molecular formula is C10H12N2O5. The smallest absolute Gasteiger partial charge is 0.331 e. The number of nitrogens with one attached hydrogen (secondary N) is 1. The predicted molar refractivity (Wildman–Crippen MR) is 57.2 cm³/mol. The van der Waals surface area contributed by atoms with Crippen LogP contribution in [0.25, 0.3) is 0 Å². The number of aromatic amines is 1. The minimum Gasteiger partial charge on any atom is -0.466 e. The lowest BCUT2D eigenvalue weighted by atomic mass is 10.5. The molecule has 0 aliphatic heterocycles. The van der Waals surface area contributed by atoms with E-state index in [-0.39, 0.29) is 18.8 Å². The largest absolute Gasteiger partial charge is 0.466 e. The number of hydrogen-bond acceptors (Lipinski definition) is 5. The molecule has 0 radical (unpaired) electrons. The van der Waals surface area contributed by atoms with Crippen LogP contribution in [0.5, 0.6) is 0 Å². The number of nitrogens with zero attached hydrogens (tertiary/aromatic N) is 1. The van der Waals surface area contributed by atoms with Crippen LogP contribution in [0.1, 0.15) is 0 Å². The Morgan fingerprint density at radius 3 is 2.71 bits per heavy atom. The van der Waals surface area contributed by atoms with Crippen LogP contribution >= 0.6 is 0 Å². The number of methoxy groups -OCH3 is 1. The van der Waals surface area contributed by atoms with Crippen molar-refractivity contribution in [2.45, 2.75) is 6.54 Å². The fourth-order valence-electron chi connectivity index (χ4n) is 1.02. The van der Waals surface area contributed by atoms with Crippen LogP contribution in [0.2, 0.25) is 0 Å². The standard InChI is InChI=1S/C10H12N2O5/c1-16-8(13)2-3-9(14)17-7-6-12-5-4-11-10(12)15/h2-5H,6-7H2,1H3,(H,11,15)/b3-2+. The summed E-state index contributed by atoms with van der Waals surface area (Å²) in [6.45, 7) is 0.294. The van der Waals surface area contributed by atoms with Gasteiger partial charge in [-0.3, -0.25) is 4.57 Å². The van der Waals surface area contributed by atoms with Gasteiger partial charge in [0.1, 0.15) is 6.61 Å². The summed E-state index contributed by atoms with van der Waals surface area (Å²) in [5, 5.41) is 0. The first-order valence-corrected chi connectivity index (χ1v) is 4.80. The van der Waals surface area contributed by atoms with Crippen molar-refractivity contribution in [1.29, 1.82) is 0 Å². The van der Waals surface area contributed by atoms with Gasteiger partial charge in [0.2, 0.25) is 0 Å². The van der Waals surface area contributed by atoms with Gasteiger partial charge in [-0.05, 0) is 0 Å². The van der Waals surface area contributed by atoms with Gasteiger partial charge in [0.05, 0.1) is 13.7 Å². The quantitative estimate of drug-likeness (QED) is 0.550. The molecule has 0 spiro atoms. The average molecular weight is 240 g/mol. The molecule has 1 N–H and O–H groups in total. The molecule has 1 aromatic rings. The molecule has 1 heterocycles. The number of imidazole rings is 1. The number of carbonyl (C=O) groups is 2. The Balaban J connectivity index is 2.30. The van der Waals surface area contributed by atoms with E-state index < -0.39 is 11.9 Å². The zero-order valence-corrected chi connectivity index (χ0v) is 9.21. The molecule has 0 saturated heterocycles. The van der Waals surface area contributed by atoms with Crippen LogP contribution in [0.15, 0.2) is 29.3 Å². The first-order chi connectivity index (χ1) is 8.13. The third-order valence-corrected chi connectivity index (χ3v) is 1.86. The van der Waals surface area contributed by atoms with Crippen molar-refractivity contribution >= 4 is 11.9 Å². The third kappa shape index (κ3) is 4.37. The minimum atomic E-state index is -0.668. The first kappa shape index (κ1) is 12.8. The highest BCUT2D eigenvalue weighted by Crippen LogP contribution is 1.86. The van der Waals surface area contributed by atoms with Crippen LogP contribution in [-0.2, 0) is 25.6 Å². The Bertz CT molecular complexity index is 471. The summed E-state index contributed by atoms with van der Waals surface area (Å²) in [5.41, 5.74) is -0.272. The SMILES string of the molecule is COC(=O)/C=C/C(=O)OCCn1cc[nH]c1=O. The summed E-state index contributed by atoms with van der Waals surface area (Å²) < 4.78 is 10.4. The molecule has 0 aromatic carbocycles. The van der Waals surface area contributed by atoms with Crippen LogP contribution in [0.3, 0.4) is 0 Å². The molecule has 0 bridgehead atoms. The summed E-state index contributed by atoms with van der Waals surface area (Å²) in [4.78, 5) is 35.2. The van der Waals surface area contributed by atoms with Gasteiger partial charge >= 0.3 is 17.6 Å². The zero-order valence-electron chi connectivity index (χ0n) is 9.21. The summed E-state index contributed by atoms with van der Waals surface area (Å²) in [5.74, 6) is -1.30. The van der Waals surface area contributed by atoms with Gasteiger partial charge in [-0.2, -0.15) is 0 Å². The monoisotopic (exact) mass is 240 g/mol. The number of ether oxygens (including phenoxy) is 2. The highest BCUT2D eigenvalue weighted by atomic mass is 16.5. The molecule has 0 amide bonds. The molecule has 0 fully saturated rings. The normalized spacial score (nSPS) is 10.4. The number of esters is 2. The van der Waals surface area contributed by atoms with Crippen molar-refractivity contribution in [3.63, 3.8) is 0 Å². The Kier molecular flexibility index (Phi) is 4.74. The van der Waals surface area contributed by atoms with Gasteiger partial charge in [0, 0.05) is 24.5 Å². The van der Waals surface area contributed by atoms with E-state index in [2.05, 4.69) is 9.72 Å². The average Bonchev–Trinajstić information content (AvgIpc) is 2.72. The molecule has 1 aromatic heterocycles. The van der Waals surface area contributed by atoms with E-state index in [1.165, 1.54) is 17.9 Å². The number of aromatic nitrogens is 2. The van der Waals surface area contributed by atoms with Gasteiger partial charge in [-0.25, -0.2) is 14.4 Å². The fourth-order valence-corrected chi connectivity index (χ4v) is 1.02. The van der Waals surface area contributed by atoms with Crippen LogP contribution in [-0.4, -0.2) is 35.2 Å². The van der Waals surface area contributed by atoms with Crippen LogP contribution < -0.4 is 5.69 Å². The van der Waals surface area contributed by atoms with E-state index in [9.17, 15) is 14.4 Å². The first-order valence-electron chi connectivity index (χ1n) is 4.80. The van der Waals surface area contributed by atoms with E-state index >= 15 is 0 Å². The Hall–Kier alpha value is -2.31. The Labute approximate surface area is 96.6 Å². The van der Waals surface area contributed by atoms with E-state index in [1.807, 2.05) is 0 Å². The lowest BCUT2D eigenvalue weighted by Crippen LogP contribution is -2.19. The molecule has 1 rings (SSSR count). The van der Waals surface area contributed by atoms with E-state index in [0.29, 0.717) is 0 Å². The zero-order chi connectivity index (χ0) is 12.7. The van der Waals surface area contributed by atoms with Crippen molar-refractivity contribution < 1.29 is 19.1 Å². The van der Waals surface area contributed by atoms with Gasteiger partial charge < -0.3 is 14.5 Å². The van der Waals surface area contributed by atoms with Crippen molar-refractivity contribution in [2.75, 3.05) is 13.7 Å². The molecule has 0 atom stereocenters. The van der Waals surface area contributed by atoms with Crippen molar-refractivity contribution in [1.82, 2.24) is 9.55 Å². The maximum atomic E-state index is 11.1. The summed E-state index contributed by atoms with van der Waals surface area (Å²) >= 11 is 0. The molecule has 0 unspecified atom stereocenters. The molecule has 0 aliphatic rings. The molecule has 17 heavy (non-hydrogen) atoms. The molecule has 92 valence electrons. The highest BCUT2D eigenvalue weighted by molar-refractivity contribution is 5.91. The van der Waals surface area contributed by atoms with Crippen molar-refractivity contribution in [3.8, 4) is 0 Å². The summed E-state index contributed by atoms with van der Waals surface area (Å²) in [6, 6.07) is 0. The van der Waals surface area contributed by atoms with E-state index in [4.69, 9.17) is 4.74 Å². The summed E-state index contributed by atoms with van der Waals surface area (Å²) in [6.07, 6.45) is 4.96. The lowest BCUT2D eigenvalue weighted by Gasteiger charge is -2.01. The summed E-state index contributed by atoms with van der Waals surface area (Å²) in [7, 11) is 1.20. The van der Waals surface area contributed by atoms with Crippen LogP contribution in [0.4, 0.5) is 0 Å². The minimum absolute atomic E-state index is 0.0438. The molecule has 0 saturated carbocycles. The maximum Gasteiger partial charge on any atom is 0.331 e. The second-order valence-corrected chi connectivity index (χ2v) is 2.98. The Morgan fingerprint density at radius 2 is 2.12 bits per heavy atom. The van der Waals surface area contributed by atoms with E-state index in [0.717, 1.165) is 12.2 Å². The van der Waals surface area contributed by atoms with Gasteiger partial charge in [0.25, 0.3) is 0 Å². The van der Waals surface area contributed by atoms with Gasteiger partial charge in [-0.1, -0.05) is 0 Å². The molecule has 7 nitrogen and oxygen atoms in total. The van der Waals surface area contributed by atoms with Crippen molar-refractivity contribution in [2.24, 2.45) is 0 Å². The number of H-pyrrole nitrogens is 1. The van der Waals surface area contributed by atoms with Crippen molar-refractivity contribution in [3.05, 3.63) is 35.0 Å². The van der Waals surface area contributed by atoms with Gasteiger partial charge in [0.15, 0.2) is 0 Å². The van der Waals surface area contributed by atoms with Gasteiger partial charge in [-0.15, -0.1) is 0 Å². The number of rotatable bonds is 5. The second-order valence-electron chi connectivity index (χ2n) is 2.98. The number of carbonyl (C=O) groups excluding carboxylic acids is 2.